The molecule has 1 saturated heterocycles. The number of benzene rings is 1. The number of carbonyl (C=O) groups excluding carboxylic acids is 1. The molecule has 0 aliphatic carbocycles. The third-order valence-electron chi connectivity index (χ3n) is 3.92. The Balaban J connectivity index is 0.00000192. The summed E-state index contributed by atoms with van der Waals surface area (Å²) in [6.45, 7) is 2.98. The number of piperidine rings is 1. The number of rotatable bonds is 3. The number of hydrogen-bond acceptors (Lipinski definition) is 6. The van der Waals surface area contributed by atoms with Gasteiger partial charge in [0.25, 0.3) is 0 Å². The molecule has 2 unspecified atom stereocenters. The lowest BCUT2D eigenvalue weighted by Gasteiger charge is -2.35. The Morgan fingerprint density at radius 1 is 1.35 bits per heavy atom. The highest BCUT2D eigenvalue weighted by Crippen LogP contribution is 2.31. The molecule has 0 aromatic heterocycles. The molecule has 7 heteroatoms. The van der Waals surface area contributed by atoms with Crippen molar-refractivity contribution in [2.45, 2.75) is 25.0 Å². The van der Waals surface area contributed by atoms with Crippen LogP contribution < -0.4 is 9.47 Å². The Hall–Kier alpha value is -1.66. The van der Waals surface area contributed by atoms with Crippen LogP contribution in [0.5, 0.6) is 11.5 Å². The number of halogens is 1. The quantitative estimate of drug-likeness (QED) is 0.786. The van der Waals surface area contributed by atoms with E-state index in [0.29, 0.717) is 13.2 Å². The predicted octanol–water partition coefficient (Wildman–Crippen LogP) is 2.50. The first kappa shape index (κ1) is 17.7. The molecule has 2 aliphatic heterocycles. The summed E-state index contributed by atoms with van der Waals surface area (Å²) in [5.74, 6) is 1.59. The van der Waals surface area contributed by atoms with Crippen LogP contribution in [0.1, 0.15) is 12.8 Å². The maximum atomic E-state index is 11.2. The molecule has 1 aromatic rings. The van der Waals surface area contributed by atoms with Crippen LogP contribution in [0.3, 0.4) is 0 Å². The average molecular weight is 344 g/mol. The van der Waals surface area contributed by atoms with Crippen LogP contribution in [0.2, 0.25) is 0 Å². The van der Waals surface area contributed by atoms with Crippen molar-refractivity contribution < 1.29 is 23.7 Å². The molecule has 0 spiro atoms. The van der Waals surface area contributed by atoms with Gasteiger partial charge in [-0.05, 0) is 31.5 Å². The van der Waals surface area contributed by atoms with Gasteiger partial charge in [0.2, 0.25) is 0 Å². The van der Waals surface area contributed by atoms with Crippen LogP contribution in [-0.4, -0.2) is 56.6 Å². The molecule has 128 valence electrons. The normalized spacial score (nSPS) is 23.5. The summed E-state index contributed by atoms with van der Waals surface area (Å²) in [6, 6.07) is 7.70. The van der Waals surface area contributed by atoms with Gasteiger partial charge in [-0.3, -0.25) is 4.90 Å². The number of para-hydroxylation sites is 2. The van der Waals surface area contributed by atoms with Crippen LogP contribution in [0.25, 0.3) is 0 Å². The van der Waals surface area contributed by atoms with Crippen molar-refractivity contribution in [1.82, 2.24) is 4.90 Å². The van der Waals surface area contributed by atoms with E-state index in [1.54, 1.807) is 0 Å². The van der Waals surface area contributed by atoms with E-state index < -0.39 is 6.16 Å². The van der Waals surface area contributed by atoms with Crippen molar-refractivity contribution in [3.8, 4) is 11.5 Å². The minimum Gasteiger partial charge on any atom is -0.486 e. The van der Waals surface area contributed by atoms with Crippen molar-refractivity contribution in [3.63, 3.8) is 0 Å². The van der Waals surface area contributed by atoms with E-state index in [9.17, 15) is 4.79 Å². The predicted molar refractivity (Wildman–Crippen MR) is 86.6 cm³/mol. The van der Waals surface area contributed by atoms with E-state index in [2.05, 4.69) is 9.64 Å². The number of fused-ring (bicyclic) bond motifs is 1. The summed E-state index contributed by atoms with van der Waals surface area (Å²) in [4.78, 5) is 13.5. The molecule has 0 radical (unpaired) electrons. The van der Waals surface area contributed by atoms with Gasteiger partial charge in [-0.1, -0.05) is 12.1 Å². The highest BCUT2D eigenvalue weighted by atomic mass is 35.5. The highest BCUT2D eigenvalue weighted by Gasteiger charge is 2.28. The van der Waals surface area contributed by atoms with Gasteiger partial charge in [0.1, 0.15) is 18.8 Å². The molecule has 2 atom stereocenters. The lowest BCUT2D eigenvalue weighted by Crippen LogP contribution is -2.47. The molecule has 2 heterocycles. The van der Waals surface area contributed by atoms with Crippen molar-refractivity contribution in [3.05, 3.63) is 24.3 Å². The van der Waals surface area contributed by atoms with E-state index in [1.807, 2.05) is 24.3 Å². The first-order chi connectivity index (χ1) is 10.7. The smallest absolute Gasteiger partial charge is 0.486 e. The maximum Gasteiger partial charge on any atom is 0.508 e. The molecule has 2 aliphatic rings. The number of methoxy groups -OCH3 is 1. The van der Waals surface area contributed by atoms with Crippen molar-refractivity contribution >= 4 is 18.6 Å². The highest BCUT2D eigenvalue weighted by molar-refractivity contribution is 5.85. The Morgan fingerprint density at radius 2 is 2.13 bits per heavy atom. The number of nitrogens with zero attached hydrogens (tertiary/aromatic N) is 1. The Morgan fingerprint density at radius 3 is 2.91 bits per heavy atom. The lowest BCUT2D eigenvalue weighted by molar-refractivity contribution is -0.0103. The zero-order valence-corrected chi connectivity index (χ0v) is 13.9. The van der Waals surface area contributed by atoms with Gasteiger partial charge in [0.05, 0.1) is 7.11 Å². The Kier molecular flexibility index (Phi) is 6.36. The van der Waals surface area contributed by atoms with E-state index in [-0.39, 0.29) is 24.6 Å². The second-order valence-electron chi connectivity index (χ2n) is 5.59. The monoisotopic (exact) mass is 343 g/mol. The van der Waals surface area contributed by atoms with Gasteiger partial charge < -0.3 is 18.9 Å². The van der Waals surface area contributed by atoms with Crippen LogP contribution in [0.4, 0.5) is 4.79 Å². The number of likely N-dealkylation sites (tertiary alicyclic amines) is 1. The van der Waals surface area contributed by atoms with Crippen LogP contribution >= 0.6 is 12.4 Å². The third-order valence-corrected chi connectivity index (χ3v) is 3.92. The van der Waals surface area contributed by atoms with Gasteiger partial charge in [0, 0.05) is 13.1 Å². The van der Waals surface area contributed by atoms with Gasteiger partial charge in [-0.15, -0.1) is 12.4 Å². The van der Waals surface area contributed by atoms with Crippen molar-refractivity contribution in [2.24, 2.45) is 0 Å². The number of hydrogen-bond donors (Lipinski definition) is 0. The fourth-order valence-electron chi connectivity index (χ4n) is 2.90. The standard InChI is InChI=1S/C16H21NO5.ClH/c1-19-16(18)22-12-5-4-8-17(9-12)10-13-11-20-14-6-2-3-7-15(14)21-13;/h2-3,6-7,12-13H,4-5,8-11H2,1H3;1H. The summed E-state index contributed by atoms with van der Waals surface area (Å²) in [6.07, 6.45) is 1.13. The number of carbonyl (C=O) groups is 1. The summed E-state index contributed by atoms with van der Waals surface area (Å²) >= 11 is 0. The van der Waals surface area contributed by atoms with E-state index in [4.69, 9.17) is 14.2 Å². The zero-order valence-electron chi connectivity index (χ0n) is 13.1. The second-order valence-corrected chi connectivity index (χ2v) is 5.59. The van der Waals surface area contributed by atoms with E-state index in [0.717, 1.165) is 37.4 Å². The van der Waals surface area contributed by atoms with Gasteiger partial charge in [-0.2, -0.15) is 0 Å². The molecule has 6 nitrogen and oxygen atoms in total. The van der Waals surface area contributed by atoms with E-state index in [1.165, 1.54) is 7.11 Å². The molecule has 1 fully saturated rings. The molecule has 3 rings (SSSR count). The lowest BCUT2D eigenvalue weighted by atomic mass is 10.1. The van der Waals surface area contributed by atoms with Gasteiger partial charge >= 0.3 is 6.16 Å². The molecular weight excluding hydrogens is 322 g/mol. The van der Waals surface area contributed by atoms with Crippen LogP contribution in [0, 0.1) is 0 Å². The first-order valence-electron chi connectivity index (χ1n) is 7.60. The molecule has 23 heavy (non-hydrogen) atoms. The molecule has 0 amide bonds. The zero-order chi connectivity index (χ0) is 15.4. The van der Waals surface area contributed by atoms with Crippen LogP contribution in [0.15, 0.2) is 24.3 Å². The van der Waals surface area contributed by atoms with Gasteiger partial charge in [0.15, 0.2) is 11.5 Å². The molecule has 1 aromatic carbocycles. The number of ether oxygens (including phenoxy) is 4. The molecular formula is C16H22ClNO5. The summed E-state index contributed by atoms with van der Waals surface area (Å²) in [5.41, 5.74) is 0. The fraction of sp³-hybridized carbons (Fsp3) is 0.562. The average Bonchev–Trinajstić information content (AvgIpc) is 2.55. The fourth-order valence-corrected chi connectivity index (χ4v) is 2.90. The van der Waals surface area contributed by atoms with E-state index >= 15 is 0 Å². The van der Waals surface area contributed by atoms with Gasteiger partial charge in [-0.25, -0.2) is 4.79 Å². The minimum absolute atomic E-state index is 0. The largest absolute Gasteiger partial charge is 0.508 e. The maximum absolute atomic E-state index is 11.2. The third kappa shape index (κ3) is 4.65. The molecule has 0 bridgehead atoms. The minimum atomic E-state index is -0.613. The van der Waals surface area contributed by atoms with Crippen molar-refractivity contribution in [1.29, 1.82) is 0 Å². The Bertz CT molecular complexity index is 527. The summed E-state index contributed by atoms with van der Waals surface area (Å²) in [7, 11) is 1.33. The van der Waals surface area contributed by atoms with Crippen molar-refractivity contribution in [2.75, 3.05) is 33.4 Å². The molecule has 0 saturated carbocycles. The SMILES string of the molecule is COC(=O)OC1CCCN(CC2COc3ccccc3O2)C1.Cl. The summed E-state index contributed by atoms with van der Waals surface area (Å²) in [5, 5.41) is 0. The summed E-state index contributed by atoms with van der Waals surface area (Å²) < 4.78 is 21.5. The second kappa shape index (κ2) is 8.26. The topological polar surface area (TPSA) is 57.2 Å². The van der Waals surface area contributed by atoms with Crippen LogP contribution in [-0.2, 0) is 9.47 Å². The Labute approximate surface area is 142 Å². The first-order valence-corrected chi connectivity index (χ1v) is 7.60. The molecule has 0 N–H and O–H groups in total.